The van der Waals surface area contributed by atoms with Gasteiger partial charge in [-0.3, -0.25) is 4.79 Å². The zero-order valence-electron chi connectivity index (χ0n) is 20.5. The summed E-state index contributed by atoms with van der Waals surface area (Å²) in [6, 6.07) is 10.4. The summed E-state index contributed by atoms with van der Waals surface area (Å²) in [4.78, 5) is 20.7. The van der Waals surface area contributed by atoms with Crippen LogP contribution >= 0.6 is 0 Å². The highest BCUT2D eigenvalue weighted by Gasteiger charge is 2.42. The van der Waals surface area contributed by atoms with Gasteiger partial charge in [-0.05, 0) is 30.2 Å². The molecule has 1 atom stereocenters. The van der Waals surface area contributed by atoms with Crippen molar-refractivity contribution in [1.82, 2.24) is 24.1 Å². The molecule has 1 amide bonds. The minimum Gasteiger partial charge on any atom is -0.382 e. The maximum absolute atomic E-state index is 13.9. The largest absolute Gasteiger partial charge is 0.418 e. The van der Waals surface area contributed by atoms with Gasteiger partial charge in [0.15, 0.2) is 17.7 Å². The Kier molecular flexibility index (Phi) is 6.48. The maximum Gasteiger partial charge on any atom is 0.418 e. The van der Waals surface area contributed by atoms with Crippen LogP contribution in [-0.2, 0) is 6.18 Å². The zero-order valence-corrected chi connectivity index (χ0v) is 20.5. The van der Waals surface area contributed by atoms with E-state index in [-0.39, 0.29) is 34.0 Å². The topological polar surface area (TPSA) is 103 Å². The molecule has 5 aromatic rings. The minimum atomic E-state index is -4.75. The van der Waals surface area contributed by atoms with Crippen molar-refractivity contribution in [3.8, 4) is 11.3 Å². The number of carbonyl (C=O) groups excluding carboxylic acids is 1. The van der Waals surface area contributed by atoms with Crippen molar-refractivity contribution in [1.29, 1.82) is 0 Å². The van der Waals surface area contributed by atoms with Gasteiger partial charge in [-0.2, -0.15) is 31.4 Å². The second-order valence-corrected chi connectivity index (χ2v) is 8.89. The van der Waals surface area contributed by atoms with Crippen LogP contribution in [0, 0.1) is 6.92 Å². The van der Waals surface area contributed by atoms with Gasteiger partial charge in [0.1, 0.15) is 11.8 Å². The number of aryl methyl sites for hydroxylation is 1. The van der Waals surface area contributed by atoms with E-state index in [9.17, 15) is 31.1 Å². The molecular formula is C26H19F6N7O. The van der Waals surface area contributed by atoms with E-state index in [0.717, 1.165) is 34.0 Å². The summed E-state index contributed by atoms with van der Waals surface area (Å²) in [7, 11) is 0. The van der Waals surface area contributed by atoms with Gasteiger partial charge in [-0.15, -0.1) is 0 Å². The maximum atomic E-state index is 13.9. The van der Waals surface area contributed by atoms with Gasteiger partial charge in [-0.25, -0.2) is 14.5 Å². The van der Waals surface area contributed by atoms with E-state index < -0.39 is 35.4 Å². The number of hydrogen-bond donors (Lipinski definition) is 2. The average molecular weight is 559 g/mol. The van der Waals surface area contributed by atoms with E-state index in [4.69, 9.17) is 5.73 Å². The number of nitrogens with zero attached hydrogens (tertiary/aromatic N) is 5. The molecule has 0 bridgehead atoms. The highest BCUT2D eigenvalue weighted by atomic mass is 19.4. The summed E-state index contributed by atoms with van der Waals surface area (Å²) >= 11 is 0. The first-order valence-electron chi connectivity index (χ1n) is 11.6. The number of amides is 1. The van der Waals surface area contributed by atoms with E-state index in [0.29, 0.717) is 5.56 Å². The van der Waals surface area contributed by atoms with Crippen LogP contribution in [-0.4, -0.2) is 36.2 Å². The summed E-state index contributed by atoms with van der Waals surface area (Å²) in [5, 5.41) is 6.36. The molecule has 0 fully saturated rings. The SMILES string of the molecule is Cc1ccc(-c2cc(C(F)(F)F)c3c(N)ncnn23)cc1C(=O)Nc1cn(C(c2ccccc2)C(F)(F)F)cn1. The number of fused-ring (bicyclic) bond motifs is 1. The van der Waals surface area contributed by atoms with Gasteiger partial charge in [0.25, 0.3) is 5.91 Å². The van der Waals surface area contributed by atoms with Crippen LogP contribution in [0.5, 0.6) is 0 Å². The number of rotatable bonds is 5. The molecule has 1 unspecified atom stereocenters. The fourth-order valence-electron chi connectivity index (χ4n) is 4.41. The van der Waals surface area contributed by atoms with Crippen molar-refractivity contribution >= 4 is 23.1 Å². The average Bonchev–Trinajstić information content (AvgIpc) is 3.50. The second kappa shape index (κ2) is 9.70. The Morgan fingerprint density at radius 3 is 2.40 bits per heavy atom. The van der Waals surface area contributed by atoms with Crippen molar-refractivity contribution in [2.75, 3.05) is 11.1 Å². The monoisotopic (exact) mass is 559 g/mol. The van der Waals surface area contributed by atoms with Gasteiger partial charge in [0.2, 0.25) is 0 Å². The van der Waals surface area contributed by atoms with Gasteiger partial charge in [0, 0.05) is 17.3 Å². The van der Waals surface area contributed by atoms with Crippen LogP contribution < -0.4 is 11.1 Å². The lowest BCUT2D eigenvalue weighted by atomic mass is 10.0. The Bertz CT molecular complexity index is 1710. The van der Waals surface area contributed by atoms with Crippen molar-refractivity contribution < 1.29 is 31.1 Å². The highest BCUT2D eigenvalue weighted by molar-refractivity contribution is 6.05. The predicted octanol–water partition coefficient (Wildman–Crippen LogP) is 5.91. The number of imidazole rings is 1. The molecule has 40 heavy (non-hydrogen) atoms. The summed E-state index contributed by atoms with van der Waals surface area (Å²) in [6.45, 7) is 1.60. The molecule has 0 radical (unpaired) electrons. The molecule has 0 saturated carbocycles. The molecule has 0 saturated heterocycles. The predicted molar refractivity (Wildman–Crippen MR) is 133 cm³/mol. The molecule has 8 nitrogen and oxygen atoms in total. The Morgan fingerprint density at radius 1 is 1.00 bits per heavy atom. The van der Waals surface area contributed by atoms with Crippen LogP contribution in [0.4, 0.5) is 38.0 Å². The number of nitrogens with two attached hydrogens (primary N) is 1. The van der Waals surface area contributed by atoms with Crippen LogP contribution in [0.15, 0.2) is 73.4 Å². The van der Waals surface area contributed by atoms with E-state index in [1.165, 1.54) is 42.5 Å². The Hall–Kier alpha value is -4.88. The fraction of sp³-hybridized carbons (Fsp3) is 0.154. The molecule has 0 aliphatic heterocycles. The molecule has 3 N–H and O–H groups in total. The molecule has 14 heteroatoms. The van der Waals surface area contributed by atoms with E-state index in [1.807, 2.05) is 0 Å². The molecule has 3 heterocycles. The Labute approximate surface area is 222 Å². The number of hydrogen-bond acceptors (Lipinski definition) is 5. The van der Waals surface area contributed by atoms with Crippen LogP contribution in [0.25, 0.3) is 16.8 Å². The number of nitrogens with one attached hydrogen (secondary N) is 1. The third-order valence-corrected chi connectivity index (χ3v) is 6.23. The number of benzene rings is 2. The summed E-state index contributed by atoms with van der Waals surface area (Å²) in [5.74, 6) is -1.24. The van der Waals surface area contributed by atoms with E-state index >= 15 is 0 Å². The standard InChI is InChI=1S/C26H19F6N7O/c1-14-7-8-16(19-10-18(25(27,28)29)21-23(33)34-12-36-39(19)21)9-17(14)24(40)37-20-11-38(13-35-20)22(26(30,31)32)15-5-3-2-4-6-15/h2-13,22H,1H3,(H,37,40)(H2,33,34,36). The number of nitrogen functional groups attached to an aromatic ring is 1. The first kappa shape index (κ1) is 26.7. The van der Waals surface area contributed by atoms with Crippen molar-refractivity contribution in [2.24, 2.45) is 0 Å². The Balaban J connectivity index is 1.48. The number of alkyl halides is 6. The molecule has 3 aromatic heterocycles. The highest BCUT2D eigenvalue weighted by Crippen LogP contribution is 2.39. The number of anilines is 2. The zero-order chi connectivity index (χ0) is 28.8. The molecule has 0 spiro atoms. The second-order valence-electron chi connectivity index (χ2n) is 8.89. The van der Waals surface area contributed by atoms with Crippen LogP contribution in [0.3, 0.4) is 0 Å². The first-order chi connectivity index (χ1) is 18.8. The lowest BCUT2D eigenvalue weighted by Gasteiger charge is -2.21. The van der Waals surface area contributed by atoms with E-state index in [1.54, 1.807) is 13.0 Å². The summed E-state index contributed by atoms with van der Waals surface area (Å²) in [6.07, 6.45) is -6.37. The number of aromatic nitrogens is 5. The van der Waals surface area contributed by atoms with Gasteiger partial charge in [-0.1, -0.05) is 42.5 Å². The third-order valence-electron chi connectivity index (χ3n) is 6.23. The molecule has 2 aromatic carbocycles. The minimum absolute atomic E-state index is 0.00522. The normalized spacial score (nSPS) is 13.0. The van der Waals surface area contributed by atoms with Crippen LogP contribution in [0.1, 0.15) is 33.1 Å². The lowest BCUT2D eigenvalue weighted by Crippen LogP contribution is -2.26. The van der Waals surface area contributed by atoms with Gasteiger partial charge < -0.3 is 15.6 Å². The fourth-order valence-corrected chi connectivity index (χ4v) is 4.41. The third kappa shape index (κ3) is 4.95. The number of halogens is 6. The van der Waals surface area contributed by atoms with Gasteiger partial charge in [0.05, 0.1) is 17.6 Å². The molecule has 206 valence electrons. The number of carbonyl (C=O) groups is 1. The Morgan fingerprint density at radius 2 is 1.73 bits per heavy atom. The lowest BCUT2D eigenvalue weighted by molar-refractivity contribution is -0.156. The smallest absolute Gasteiger partial charge is 0.382 e. The summed E-state index contributed by atoms with van der Waals surface area (Å²) in [5.41, 5.74) is 4.96. The summed E-state index contributed by atoms with van der Waals surface area (Å²) < 4.78 is 84.6. The van der Waals surface area contributed by atoms with Crippen LogP contribution in [0.2, 0.25) is 0 Å². The van der Waals surface area contributed by atoms with E-state index in [2.05, 4.69) is 20.4 Å². The van der Waals surface area contributed by atoms with Crippen molar-refractivity contribution in [2.45, 2.75) is 25.3 Å². The van der Waals surface area contributed by atoms with Crippen molar-refractivity contribution in [3.63, 3.8) is 0 Å². The molecule has 5 rings (SSSR count). The molecule has 0 aliphatic carbocycles. The molecule has 0 aliphatic rings. The quantitative estimate of drug-likeness (QED) is 0.261. The van der Waals surface area contributed by atoms with Crippen molar-refractivity contribution in [3.05, 3.63) is 95.7 Å². The van der Waals surface area contributed by atoms with Gasteiger partial charge >= 0.3 is 12.4 Å². The molecular weight excluding hydrogens is 540 g/mol. The first-order valence-corrected chi connectivity index (χ1v) is 11.6.